The summed E-state index contributed by atoms with van der Waals surface area (Å²) in [4.78, 5) is 5.05. The van der Waals surface area contributed by atoms with E-state index in [2.05, 4.69) is 280 Å². The number of rotatable bonds is 16. The lowest BCUT2D eigenvalue weighted by atomic mass is 9.65. The Kier molecular flexibility index (Phi) is 15.7. The molecule has 2 spiro atoms. The normalized spacial score (nSPS) is 18.6. The first-order valence-electron chi connectivity index (χ1n) is 32.0. The first-order chi connectivity index (χ1) is 42.0. The molecular weight excluding hydrogens is 1040 g/mol. The summed E-state index contributed by atoms with van der Waals surface area (Å²) in [5.41, 5.74) is 20.3. The van der Waals surface area contributed by atoms with Crippen LogP contribution in [0.3, 0.4) is 0 Å². The monoisotopic (exact) mass is 1120 g/mol. The summed E-state index contributed by atoms with van der Waals surface area (Å²) in [6.45, 7) is 14.8. The number of hydrogen-bond acceptors (Lipinski definition) is 2. The minimum Gasteiger partial charge on any atom is -0.347 e. The van der Waals surface area contributed by atoms with Gasteiger partial charge in [-0.15, -0.1) is 0 Å². The Morgan fingerprint density at radius 2 is 0.733 bits per heavy atom. The molecule has 0 bridgehead atoms. The number of benzene rings is 9. The molecule has 0 radical (unpaired) electrons. The van der Waals surface area contributed by atoms with Crippen LogP contribution in [0.15, 0.2) is 278 Å². The van der Waals surface area contributed by atoms with E-state index in [-0.39, 0.29) is 10.8 Å². The summed E-state index contributed by atoms with van der Waals surface area (Å²) >= 11 is 0. The molecule has 2 fully saturated rings. The van der Waals surface area contributed by atoms with E-state index in [4.69, 9.17) is 13.2 Å². The minimum absolute atomic E-state index is 0.00274. The van der Waals surface area contributed by atoms with Crippen molar-refractivity contribution in [2.45, 2.75) is 125 Å². The fraction of sp³-hybridized carbons (Fsp3) is 0.262. The van der Waals surface area contributed by atoms with E-state index in [1.54, 1.807) is 0 Å². The molecule has 9 aromatic rings. The summed E-state index contributed by atoms with van der Waals surface area (Å²) in [7, 11) is 4.61. The van der Waals surface area contributed by atoms with Gasteiger partial charge in [-0.2, -0.15) is 0 Å². The molecule has 2 heterocycles. The standard InChI is InChI=1S/C84H84N2/c1-61-29-15-21-41-73(61)83(57-65-33-11-7-12-34-65,63(3)31-27-43-77-81(53-23-9-24-54-81)75-51-49-69-37-17-19-39-71(69)79(75)85(77)5)59-67-45-47-68(48-46-67)60-84(58-66-35-13-8-14-36-66,74-42-22-16-30-62(74)2)64(4)32-28-44-78-82(55-25-10-26-56-82)76-52-50-70-38-18-20-40-72(70)80(76)86(78)6/h7-8,11-22,27-52H,3-4,9-10,23-26,53-60H2,1-2,5-6H3/b31-27+,32-28+,77-43+,78-44+. The van der Waals surface area contributed by atoms with Crippen LogP contribution in [-0.2, 0) is 47.3 Å². The maximum Gasteiger partial charge on any atom is 0.0527 e. The zero-order valence-corrected chi connectivity index (χ0v) is 51.3. The van der Waals surface area contributed by atoms with Crippen LogP contribution in [0.25, 0.3) is 21.5 Å². The van der Waals surface area contributed by atoms with Gasteiger partial charge in [-0.05, 0) is 155 Å². The van der Waals surface area contributed by atoms with Crippen molar-refractivity contribution in [2.24, 2.45) is 0 Å². The molecule has 9 aromatic carbocycles. The van der Waals surface area contributed by atoms with Gasteiger partial charge in [0.05, 0.1) is 11.4 Å². The van der Waals surface area contributed by atoms with Crippen molar-refractivity contribution in [3.63, 3.8) is 0 Å². The molecule has 4 aliphatic rings. The van der Waals surface area contributed by atoms with Gasteiger partial charge in [-0.25, -0.2) is 0 Å². The molecular formula is C84H84N2. The predicted molar refractivity (Wildman–Crippen MR) is 367 cm³/mol. The molecule has 0 N–H and O–H groups in total. The minimum atomic E-state index is -0.448. The Hall–Kier alpha value is -8.46. The van der Waals surface area contributed by atoms with Gasteiger partial charge in [0.25, 0.3) is 0 Å². The van der Waals surface area contributed by atoms with Crippen molar-refractivity contribution in [1.82, 2.24) is 0 Å². The molecule has 2 atom stereocenters. The zero-order valence-electron chi connectivity index (χ0n) is 51.3. The molecule has 2 saturated carbocycles. The van der Waals surface area contributed by atoms with Crippen LogP contribution >= 0.6 is 0 Å². The number of aryl methyl sites for hydroxylation is 2. The Balaban J connectivity index is 0.870. The van der Waals surface area contributed by atoms with Crippen molar-refractivity contribution in [1.29, 1.82) is 0 Å². The average Bonchev–Trinajstić information content (AvgIpc) is 1.58. The number of nitrogens with zero attached hydrogens (tertiary/aromatic N) is 2. The Morgan fingerprint density at radius 1 is 0.395 bits per heavy atom. The third-order valence-electron chi connectivity index (χ3n) is 21.0. The van der Waals surface area contributed by atoms with Gasteiger partial charge in [-0.3, -0.25) is 0 Å². The third kappa shape index (κ3) is 10.1. The quantitative estimate of drug-likeness (QED) is 0.0890. The van der Waals surface area contributed by atoms with Crippen LogP contribution in [-0.4, -0.2) is 14.1 Å². The van der Waals surface area contributed by atoms with Crippen LogP contribution in [0.4, 0.5) is 11.4 Å². The third-order valence-corrected chi connectivity index (χ3v) is 21.0. The van der Waals surface area contributed by atoms with E-state index >= 15 is 0 Å². The zero-order chi connectivity index (χ0) is 58.9. The van der Waals surface area contributed by atoms with E-state index in [0.29, 0.717) is 0 Å². The fourth-order valence-electron chi connectivity index (χ4n) is 16.8. The van der Waals surface area contributed by atoms with Gasteiger partial charge in [0.1, 0.15) is 0 Å². The number of anilines is 2. The molecule has 13 rings (SSSR count). The second kappa shape index (κ2) is 23.8. The number of hydrogen-bond donors (Lipinski definition) is 0. The van der Waals surface area contributed by atoms with Crippen LogP contribution in [0.5, 0.6) is 0 Å². The number of fused-ring (bicyclic) bond motifs is 8. The van der Waals surface area contributed by atoms with Crippen molar-refractivity contribution in [3.8, 4) is 0 Å². The lowest BCUT2D eigenvalue weighted by Gasteiger charge is -2.38. The molecule has 430 valence electrons. The van der Waals surface area contributed by atoms with E-state index < -0.39 is 10.8 Å². The Labute approximate surface area is 513 Å². The molecule has 2 unspecified atom stereocenters. The highest BCUT2D eigenvalue weighted by Crippen LogP contribution is 2.58. The molecule has 2 aliphatic carbocycles. The highest BCUT2D eigenvalue weighted by molar-refractivity contribution is 6.00. The smallest absolute Gasteiger partial charge is 0.0527 e. The largest absolute Gasteiger partial charge is 0.347 e. The second-order valence-electron chi connectivity index (χ2n) is 25.9. The molecule has 0 saturated heterocycles. The average molecular weight is 1120 g/mol. The van der Waals surface area contributed by atoms with E-state index in [1.807, 2.05) is 0 Å². The van der Waals surface area contributed by atoms with Crippen LogP contribution < -0.4 is 9.80 Å². The van der Waals surface area contributed by atoms with Crippen molar-refractivity contribution in [3.05, 3.63) is 334 Å². The topological polar surface area (TPSA) is 6.48 Å². The van der Waals surface area contributed by atoms with Crippen molar-refractivity contribution in [2.75, 3.05) is 23.9 Å². The molecule has 2 aliphatic heterocycles. The Morgan fingerprint density at radius 3 is 1.12 bits per heavy atom. The van der Waals surface area contributed by atoms with E-state index in [0.717, 1.165) is 36.8 Å². The first kappa shape index (κ1) is 56.7. The van der Waals surface area contributed by atoms with E-state index in [1.165, 1.54) is 164 Å². The predicted octanol–water partition coefficient (Wildman–Crippen LogP) is 20.8. The van der Waals surface area contributed by atoms with Crippen LogP contribution in [0, 0.1) is 13.8 Å². The summed E-state index contributed by atoms with van der Waals surface area (Å²) < 4.78 is 0. The van der Waals surface area contributed by atoms with Crippen LogP contribution in [0.2, 0.25) is 0 Å². The number of likely N-dealkylation sites (N-methyl/N-ethyl adjacent to an activating group) is 2. The highest BCUT2D eigenvalue weighted by Gasteiger charge is 2.48. The molecule has 86 heavy (non-hydrogen) atoms. The summed E-state index contributed by atoms with van der Waals surface area (Å²) in [6, 6.07) is 77.5. The van der Waals surface area contributed by atoms with Gasteiger partial charge >= 0.3 is 0 Å². The second-order valence-corrected chi connectivity index (χ2v) is 25.9. The molecule has 2 nitrogen and oxygen atoms in total. The maximum absolute atomic E-state index is 5.12. The Bertz CT molecular complexity index is 3830. The van der Waals surface area contributed by atoms with Gasteiger partial charge < -0.3 is 9.80 Å². The number of allylic oxidation sites excluding steroid dienone is 10. The lowest BCUT2D eigenvalue weighted by molar-refractivity contribution is 0.347. The van der Waals surface area contributed by atoms with Gasteiger partial charge in [0.15, 0.2) is 0 Å². The van der Waals surface area contributed by atoms with Gasteiger partial charge in [0.2, 0.25) is 0 Å². The highest BCUT2D eigenvalue weighted by atomic mass is 15.2. The molecule has 0 amide bonds. The molecule has 2 heteroatoms. The molecule has 0 aromatic heterocycles. The van der Waals surface area contributed by atoms with Gasteiger partial charge in [0, 0.05) is 57.9 Å². The SMILES string of the molecule is C=C(/C=C/C=C1/N(C)c2c(ccc3ccccc23)C12CCCCC2)C(Cc1ccccc1)(Cc1ccc(CC(Cc2ccccc2)(C(=C)/C=C/C=C2/N(C)c3c(ccc4ccccc34)C23CCCCC3)c2ccccc2C)cc1)c1ccccc1C. The van der Waals surface area contributed by atoms with Gasteiger partial charge in [-0.1, -0.05) is 282 Å². The lowest BCUT2D eigenvalue weighted by Crippen LogP contribution is -2.35. The van der Waals surface area contributed by atoms with Crippen molar-refractivity contribution < 1.29 is 0 Å². The van der Waals surface area contributed by atoms with E-state index in [9.17, 15) is 0 Å². The van der Waals surface area contributed by atoms with Crippen molar-refractivity contribution >= 4 is 32.9 Å². The maximum atomic E-state index is 5.12. The summed E-state index contributed by atoms with van der Waals surface area (Å²) in [5, 5.41) is 5.29. The van der Waals surface area contributed by atoms with Crippen LogP contribution in [0.1, 0.15) is 120 Å². The fourth-order valence-corrected chi connectivity index (χ4v) is 16.8. The summed E-state index contributed by atoms with van der Waals surface area (Å²) in [6.07, 6.45) is 29.8. The summed E-state index contributed by atoms with van der Waals surface area (Å²) in [5.74, 6) is 0. The first-order valence-corrected chi connectivity index (χ1v) is 32.0.